The van der Waals surface area contributed by atoms with Crippen molar-refractivity contribution in [3.63, 3.8) is 0 Å². The molecule has 7 heteroatoms. The molecule has 162 valence electrons. The quantitative estimate of drug-likeness (QED) is 0.579. The molecular weight excluding hydrogens is 408 g/mol. The Kier molecular flexibility index (Phi) is 6.81. The van der Waals surface area contributed by atoms with E-state index in [1.807, 2.05) is 48.5 Å². The van der Waals surface area contributed by atoms with Crippen LogP contribution in [0.25, 0.3) is 11.1 Å². The molecule has 2 aliphatic heterocycles. The van der Waals surface area contributed by atoms with E-state index in [0.29, 0.717) is 18.4 Å². The molecule has 2 saturated heterocycles. The zero-order valence-corrected chi connectivity index (χ0v) is 18.5. The van der Waals surface area contributed by atoms with Crippen molar-refractivity contribution < 1.29 is 9.35 Å². The second-order valence-electron chi connectivity index (χ2n) is 8.48. The highest BCUT2D eigenvalue weighted by Crippen LogP contribution is 2.33. The average Bonchev–Trinajstić information content (AvgIpc) is 2.80. The minimum Gasteiger partial charge on any atom is -0.593 e. The number of anilines is 1. The van der Waals surface area contributed by atoms with Crippen molar-refractivity contribution in [3.8, 4) is 17.2 Å². The van der Waals surface area contributed by atoms with Gasteiger partial charge in [-0.3, -0.25) is 4.79 Å². The lowest BCUT2D eigenvalue weighted by Crippen LogP contribution is -2.59. The first-order valence-electron chi connectivity index (χ1n) is 10.8. The minimum atomic E-state index is -1.09. The first-order valence-corrected chi connectivity index (χ1v) is 12.3. The van der Waals surface area contributed by atoms with Crippen molar-refractivity contribution in [2.75, 3.05) is 11.0 Å². The molecule has 0 aromatic heterocycles. The number of fused-ring (bicyclic) bond motifs is 3. The molecule has 3 atom stereocenters. The monoisotopic (exact) mass is 436 g/mol. The van der Waals surface area contributed by atoms with Crippen LogP contribution in [0.1, 0.15) is 31.2 Å². The molecular formula is C24H28N4O2S. The number of hydrogen-bond acceptors (Lipinski definition) is 5. The van der Waals surface area contributed by atoms with Gasteiger partial charge < -0.3 is 15.2 Å². The van der Waals surface area contributed by atoms with Gasteiger partial charge in [0.15, 0.2) is 0 Å². The lowest BCUT2D eigenvalue weighted by atomic mass is 9.76. The van der Waals surface area contributed by atoms with Crippen molar-refractivity contribution in [3.05, 3.63) is 54.1 Å². The second kappa shape index (κ2) is 9.73. The third-order valence-electron chi connectivity index (χ3n) is 6.29. The number of hydrogen-bond donors (Lipinski definition) is 3. The van der Waals surface area contributed by atoms with E-state index in [2.05, 4.69) is 21.4 Å². The lowest BCUT2D eigenvalue weighted by molar-refractivity contribution is -0.127. The molecule has 6 nitrogen and oxygen atoms in total. The van der Waals surface area contributed by atoms with E-state index in [4.69, 9.17) is 0 Å². The fraction of sp³-hybridized carbons (Fsp3) is 0.417. The lowest BCUT2D eigenvalue weighted by Gasteiger charge is -2.42. The van der Waals surface area contributed by atoms with Crippen LogP contribution in [0.3, 0.4) is 0 Å². The maximum Gasteiger partial charge on any atom is 0.238 e. The molecule has 2 heterocycles. The molecule has 2 aromatic carbocycles. The van der Waals surface area contributed by atoms with Crippen molar-refractivity contribution in [2.45, 2.75) is 50.2 Å². The zero-order chi connectivity index (χ0) is 21.8. The van der Waals surface area contributed by atoms with Gasteiger partial charge in [-0.15, -0.1) is 0 Å². The Balaban J connectivity index is 1.35. The molecule has 1 unspecified atom stereocenters. The largest absolute Gasteiger partial charge is 0.593 e. The molecule has 0 spiro atoms. The predicted octanol–water partition coefficient (Wildman–Crippen LogP) is 3.14. The molecule has 1 aliphatic carbocycles. The first kappa shape index (κ1) is 21.7. The van der Waals surface area contributed by atoms with Crippen LogP contribution in [0.2, 0.25) is 0 Å². The SMILES string of the molecule is C[S+]([O-])Nc1ccc(-c2ccc(C[C@@H](C#N)NC(=O)[C@H]3NC4CCC3CC4)cc2)cc1. The normalized spacial score (nSPS) is 24.1. The van der Waals surface area contributed by atoms with Crippen LogP contribution < -0.4 is 15.4 Å². The van der Waals surface area contributed by atoms with Gasteiger partial charge in [0.25, 0.3) is 0 Å². The highest BCUT2D eigenvalue weighted by Gasteiger charge is 2.39. The average molecular weight is 437 g/mol. The van der Waals surface area contributed by atoms with Crippen molar-refractivity contribution >= 4 is 23.0 Å². The summed E-state index contributed by atoms with van der Waals surface area (Å²) in [5, 5.41) is 16.0. The van der Waals surface area contributed by atoms with Gasteiger partial charge in [-0.05, 0) is 60.4 Å². The third kappa shape index (κ3) is 5.40. The Labute approximate surface area is 186 Å². The first-order chi connectivity index (χ1) is 15.0. The second-order valence-corrected chi connectivity index (χ2v) is 9.59. The summed E-state index contributed by atoms with van der Waals surface area (Å²) in [6.45, 7) is 0. The predicted molar refractivity (Wildman–Crippen MR) is 123 cm³/mol. The number of piperidine rings is 2. The summed E-state index contributed by atoms with van der Waals surface area (Å²) in [7, 11) is 0. The molecule has 3 N–H and O–H groups in total. The van der Waals surface area contributed by atoms with Gasteiger partial charge in [0.1, 0.15) is 12.3 Å². The van der Waals surface area contributed by atoms with E-state index in [-0.39, 0.29) is 11.9 Å². The highest BCUT2D eigenvalue weighted by atomic mass is 32.2. The van der Waals surface area contributed by atoms with Crippen molar-refractivity contribution in [1.82, 2.24) is 10.6 Å². The van der Waals surface area contributed by atoms with Gasteiger partial charge in [-0.1, -0.05) is 36.4 Å². The van der Waals surface area contributed by atoms with E-state index < -0.39 is 17.4 Å². The fourth-order valence-corrected chi connectivity index (χ4v) is 5.12. The molecule has 3 fully saturated rings. The molecule has 0 radical (unpaired) electrons. The molecule has 31 heavy (non-hydrogen) atoms. The summed E-state index contributed by atoms with van der Waals surface area (Å²) in [4.78, 5) is 12.7. The third-order valence-corrected chi connectivity index (χ3v) is 6.81. The van der Waals surface area contributed by atoms with Crippen LogP contribution >= 0.6 is 0 Å². The van der Waals surface area contributed by atoms with E-state index in [1.165, 1.54) is 0 Å². The standard InChI is InChI=1S/C24H28N4O2S/c1-31(30)28-21-12-6-18(7-13-21)17-4-2-16(3-5-17)14-22(15-25)27-24(29)23-19-8-10-20(26-23)11-9-19/h2-7,12-13,19-20,22-23,26,28H,8-11,14H2,1H3,(H,27,29)/t19?,20?,22-,23-,31?/m0/s1. The maximum absolute atomic E-state index is 12.7. The van der Waals surface area contributed by atoms with E-state index in [0.717, 1.165) is 48.1 Å². The Morgan fingerprint density at radius 2 is 1.74 bits per heavy atom. The Hall–Kier alpha value is -2.53. The number of nitriles is 1. The number of carbonyl (C=O) groups excluding carboxylic acids is 1. The zero-order valence-electron chi connectivity index (χ0n) is 17.6. The van der Waals surface area contributed by atoms with Crippen LogP contribution in [-0.2, 0) is 22.6 Å². The van der Waals surface area contributed by atoms with Gasteiger partial charge in [-0.2, -0.15) is 5.26 Å². The summed E-state index contributed by atoms with van der Waals surface area (Å²) in [5.74, 6) is 0.349. The number of nitrogens with one attached hydrogen (secondary N) is 3. The van der Waals surface area contributed by atoms with Gasteiger partial charge in [0.05, 0.1) is 29.2 Å². The summed E-state index contributed by atoms with van der Waals surface area (Å²) in [5.41, 5.74) is 3.94. The molecule has 5 rings (SSSR count). The number of carbonyl (C=O) groups is 1. The Bertz CT molecular complexity index is 932. The van der Waals surface area contributed by atoms with Crippen LogP contribution in [0.5, 0.6) is 0 Å². The summed E-state index contributed by atoms with van der Waals surface area (Å²) in [6.07, 6.45) is 6.58. The smallest absolute Gasteiger partial charge is 0.238 e. The molecule has 1 amide bonds. The Morgan fingerprint density at radius 1 is 1.13 bits per heavy atom. The number of amides is 1. The molecule has 3 aliphatic rings. The molecule has 1 saturated carbocycles. The minimum absolute atomic E-state index is 0.0423. The van der Waals surface area contributed by atoms with Gasteiger partial charge >= 0.3 is 0 Å². The number of rotatable bonds is 7. The highest BCUT2D eigenvalue weighted by molar-refractivity contribution is 7.92. The van der Waals surface area contributed by atoms with Crippen LogP contribution in [0, 0.1) is 17.2 Å². The van der Waals surface area contributed by atoms with Crippen LogP contribution in [-0.4, -0.2) is 34.8 Å². The van der Waals surface area contributed by atoms with Crippen molar-refractivity contribution in [2.24, 2.45) is 5.92 Å². The summed E-state index contributed by atoms with van der Waals surface area (Å²) < 4.78 is 14.1. The topological polar surface area (TPSA) is 100 Å². The van der Waals surface area contributed by atoms with Gasteiger partial charge in [0, 0.05) is 12.5 Å². The number of nitrogens with zero attached hydrogens (tertiary/aromatic N) is 1. The summed E-state index contributed by atoms with van der Waals surface area (Å²) in [6, 6.07) is 17.8. The Morgan fingerprint density at radius 3 is 2.26 bits per heavy atom. The van der Waals surface area contributed by atoms with Crippen LogP contribution in [0.15, 0.2) is 48.5 Å². The molecule has 2 bridgehead atoms. The van der Waals surface area contributed by atoms with E-state index in [9.17, 15) is 14.6 Å². The van der Waals surface area contributed by atoms with E-state index >= 15 is 0 Å². The summed E-state index contributed by atoms with van der Waals surface area (Å²) >= 11 is -1.09. The van der Waals surface area contributed by atoms with Crippen LogP contribution in [0.4, 0.5) is 5.69 Å². The van der Waals surface area contributed by atoms with E-state index in [1.54, 1.807) is 6.26 Å². The maximum atomic E-state index is 12.7. The van der Waals surface area contributed by atoms with Gasteiger partial charge in [-0.25, -0.2) is 4.72 Å². The van der Waals surface area contributed by atoms with Gasteiger partial charge in [0.2, 0.25) is 5.91 Å². The van der Waals surface area contributed by atoms with Crippen molar-refractivity contribution in [1.29, 1.82) is 5.26 Å². The fourth-order valence-electron chi connectivity index (χ4n) is 4.66. The molecule has 2 aromatic rings. The number of benzene rings is 2.